The Kier molecular flexibility index (Phi) is 3.93. The summed E-state index contributed by atoms with van der Waals surface area (Å²) < 4.78 is 10.9. The van der Waals surface area contributed by atoms with E-state index in [1.54, 1.807) is 0 Å². The van der Waals surface area contributed by atoms with E-state index in [1.807, 2.05) is 31.2 Å². The number of ether oxygens (including phenoxy) is 2. The summed E-state index contributed by atoms with van der Waals surface area (Å²) in [4.78, 5) is 9.24. The smallest absolute Gasteiger partial charge is 0.231 e. The number of hydrogen-bond donors (Lipinski definition) is 1. The molecule has 1 atom stereocenters. The monoisotopic (exact) mass is 359 g/mol. The summed E-state index contributed by atoms with van der Waals surface area (Å²) in [5, 5.41) is 3.63. The molecule has 0 spiro atoms. The minimum Gasteiger partial charge on any atom is -0.454 e. The number of aryl methyl sites for hydroxylation is 2. The summed E-state index contributed by atoms with van der Waals surface area (Å²) in [6.45, 7) is 2.20. The van der Waals surface area contributed by atoms with Crippen LogP contribution in [0, 0.1) is 6.92 Å². The minimum absolute atomic E-state index is 0.273. The van der Waals surface area contributed by atoms with Crippen LogP contribution < -0.4 is 14.8 Å². The van der Waals surface area contributed by atoms with Crippen molar-refractivity contribution < 1.29 is 9.47 Å². The lowest BCUT2D eigenvalue weighted by atomic mass is 9.88. The summed E-state index contributed by atoms with van der Waals surface area (Å²) in [5.74, 6) is 3.15. The van der Waals surface area contributed by atoms with Crippen molar-refractivity contribution in [2.24, 2.45) is 0 Å². The molecule has 27 heavy (non-hydrogen) atoms. The van der Waals surface area contributed by atoms with Gasteiger partial charge in [0.15, 0.2) is 11.5 Å². The van der Waals surface area contributed by atoms with Gasteiger partial charge in [0.05, 0.1) is 11.7 Å². The molecule has 2 aliphatic rings. The zero-order valence-electron chi connectivity index (χ0n) is 15.2. The number of rotatable bonds is 3. The lowest BCUT2D eigenvalue weighted by Crippen LogP contribution is -2.18. The predicted octanol–water partition coefficient (Wildman–Crippen LogP) is 4.67. The van der Waals surface area contributed by atoms with Crippen LogP contribution in [0.4, 0.5) is 5.82 Å². The van der Waals surface area contributed by atoms with Crippen LogP contribution in [0.5, 0.6) is 11.5 Å². The molecular formula is C22H21N3O2. The molecule has 2 aromatic carbocycles. The Bertz CT molecular complexity index is 1000. The summed E-state index contributed by atoms with van der Waals surface area (Å²) in [6, 6.07) is 16.9. The highest BCUT2D eigenvalue weighted by Crippen LogP contribution is 2.36. The molecule has 1 unspecified atom stereocenters. The number of aromatic nitrogens is 2. The second-order valence-corrected chi connectivity index (χ2v) is 7.04. The SMILES string of the molecule is Cc1nc(NC2CCCc3ccccc32)cc(-c2ccc3c(c2)OCO3)n1. The van der Waals surface area contributed by atoms with Crippen LogP contribution >= 0.6 is 0 Å². The molecule has 0 radical (unpaired) electrons. The lowest BCUT2D eigenvalue weighted by Gasteiger charge is -2.27. The van der Waals surface area contributed by atoms with Gasteiger partial charge in [-0.3, -0.25) is 0 Å². The van der Waals surface area contributed by atoms with Crippen LogP contribution in [0.3, 0.4) is 0 Å². The third-order valence-corrected chi connectivity index (χ3v) is 5.20. The molecule has 0 amide bonds. The summed E-state index contributed by atoms with van der Waals surface area (Å²) in [5.41, 5.74) is 4.69. The molecule has 0 saturated carbocycles. The average Bonchev–Trinajstić information content (AvgIpc) is 3.16. The van der Waals surface area contributed by atoms with E-state index in [4.69, 9.17) is 9.47 Å². The van der Waals surface area contributed by atoms with Gasteiger partial charge in [0.25, 0.3) is 0 Å². The van der Waals surface area contributed by atoms with E-state index >= 15 is 0 Å². The minimum atomic E-state index is 0.273. The van der Waals surface area contributed by atoms with Crippen LogP contribution in [-0.4, -0.2) is 16.8 Å². The van der Waals surface area contributed by atoms with Gasteiger partial charge in [0.2, 0.25) is 6.79 Å². The second-order valence-electron chi connectivity index (χ2n) is 7.04. The van der Waals surface area contributed by atoms with Crippen LogP contribution in [0.25, 0.3) is 11.3 Å². The lowest BCUT2D eigenvalue weighted by molar-refractivity contribution is 0.174. The van der Waals surface area contributed by atoms with E-state index in [0.717, 1.165) is 47.2 Å². The first-order valence-electron chi connectivity index (χ1n) is 9.36. The molecule has 136 valence electrons. The average molecular weight is 359 g/mol. The molecule has 5 heteroatoms. The van der Waals surface area contributed by atoms with Crippen LogP contribution in [0.1, 0.15) is 35.8 Å². The Balaban J connectivity index is 1.46. The number of fused-ring (bicyclic) bond motifs is 2. The van der Waals surface area contributed by atoms with Gasteiger partial charge in [-0.15, -0.1) is 0 Å². The topological polar surface area (TPSA) is 56.3 Å². The van der Waals surface area contributed by atoms with Crippen LogP contribution in [0.15, 0.2) is 48.5 Å². The molecule has 5 rings (SSSR count). The van der Waals surface area contributed by atoms with E-state index in [-0.39, 0.29) is 12.8 Å². The van der Waals surface area contributed by atoms with Gasteiger partial charge in [0.1, 0.15) is 11.6 Å². The predicted molar refractivity (Wildman–Crippen MR) is 104 cm³/mol. The molecule has 0 saturated heterocycles. The van der Waals surface area contributed by atoms with Gasteiger partial charge in [-0.05, 0) is 55.5 Å². The quantitative estimate of drug-likeness (QED) is 0.736. The fourth-order valence-electron chi connectivity index (χ4n) is 3.93. The number of anilines is 1. The Hall–Kier alpha value is -3.08. The first-order valence-corrected chi connectivity index (χ1v) is 9.36. The highest BCUT2D eigenvalue weighted by Gasteiger charge is 2.21. The molecule has 0 fully saturated rings. The van der Waals surface area contributed by atoms with Gasteiger partial charge < -0.3 is 14.8 Å². The fraction of sp³-hybridized carbons (Fsp3) is 0.273. The van der Waals surface area contributed by atoms with E-state index in [1.165, 1.54) is 17.5 Å². The van der Waals surface area contributed by atoms with E-state index in [9.17, 15) is 0 Å². The van der Waals surface area contributed by atoms with Crippen LogP contribution in [-0.2, 0) is 6.42 Å². The van der Waals surface area contributed by atoms with Gasteiger partial charge in [0, 0.05) is 11.6 Å². The molecule has 1 aliphatic carbocycles. The summed E-state index contributed by atoms with van der Waals surface area (Å²) in [6.07, 6.45) is 3.45. The standard InChI is InChI=1S/C22H21N3O2/c1-14-23-19(16-9-10-20-21(11-16)27-13-26-20)12-22(24-14)25-18-8-4-6-15-5-2-3-7-17(15)18/h2-3,5,7,9-12,18H,4,6,8,13H2,1H3,(H,23,24,25). The molecule has 3 aromatic rings. The first-order chi connectivity index (χ1) is 13.3. The van der Waals surface area contributed by atoms with Crippen molar-refractivity contribution in [1.82, 2.24) is 9.97 Å². The third kappa shape index (κ3) is 3.10. The zero-order chi connectivity index (χ0) is 18.2. The molecule has 5 nitrogen and oxygen atoms in total. The van der Waals surface area contributed by atoms with Crippen molar-refractivity contribution in [2.45, 2.75) is 32.2 Å². The fourth-order valence-corrected chi connectivity index (χ4v) is 3.93. The second kappa shape index (κ2) is 6.58. The van der Waals surface area contributed by atoms with Crippen molar-refractivity contribution >= 4 is 5.82 Å². The van der Waals surface area contributed by atoms with Crippen molar-refractivity contribution in [2.75, 3.05) is 12.1 Å². The van der Waals surface area contributed by atoms with Crippen molar-refractivity contribution in [3.63, 3.8) is 0 Å². The highest BCUT2D eigenvalue weighted by molar-refractivity contribution is 5.67. The normalized spacial score (nSPS) is 17.4. The molecule has 1 N–H and O–H groups in total. The van der Waals surface area contributed by atoms with E-state index in [2.05, 4.69) is 39.6 Å². The Morgan fingerprint density at radius 2 is 1.89 bits per heavy atom. The Labute approximate surface area is 158 Å². The van der Waals surface area contributed by atoms with Crippen molar-refractivity contribution in [3.05, 3.63) is 65.5 Å². The maximum Gasteiger partial charge on any atom is 0.231 e. The number of hydrogen-bond acceptors (Lipinski definition) is 5. The Morgan fingerprint density at radius 3 is 2.85 bits per heavy atom. The third-order valence-electron chi connectivity index (χ3n) is 5.20. The zero-order valence-corrected chi connectivity index (χ0v) is 15.2. The number of nitrogens with zero attached hydrogens (tertiary/aromatic N) is 2. The number of benzene rings is 2. The maximum atomic E-state index is 5.50. The van der Waals surface area contributed by atoms with Gasteiger partial charge >= 0.3 is 0 Å². The van der Waals surface area contributed by atoms with E-state index < -0.39 is 0 Å². The molecule has 2 heterocycles. The molecule has 0 bridgehead atoms. The number of nitrogens with one attached hydrogen (secondary N) is 1. The highest BCUT2D eigenvalue weighted by atomic mass is 16.7. The van der Waals surface area contributed by atoms with Crippen molar-refractivity contribution in [3.8, 4) is 22.8 Å². The first kappa shape index (κ1) is 16.1. The summed E-state index contributed by atoms with van der Waals surface area (Å²) in [7, 11) is 0. The Morgan fingerprint density at radius 1 is 1.00 bits per heavy atom. The van der Waals surface area contributed by atoms with Crippen LogP contribution in [0.2, 0.25) is 0 Å². The largest absolute Gasteiger partial charge is 0.454 e. The summed E-state index contributed by atoms with van der Waals surface area (Å²) >= 11 is 0. The van der Waals surface area contributed by atoms with Gasteiger partial charge in [-0.2, -0.15) is 0 Å². The van der Waals surface area contributed by atoms with Gasteiger partial charge in [-0.1, -0.05) is 24.3 Å². The maximum absolute atomic E-state index is 5.50. The van der Waals surface area contributed by atoms with Crippen molar-refractivity contribution in [1.29, 1.82) is 0 Å². The van der Waals surface area contributed by atoms with Gasteiger partial charge in [-0.25, -0.2) is 9.97 Å². The molecule has 1 aliphatic heterocycles. The molecular weight excluding hydrogens is 338 g/mol. The molecule has 1 aromatic heterocycles. The van der Waals surface area contributed by atoms with E-state index in [0.29, 0.717) is 0 Å².